The summed E-state index contributed by atoms with van der Waals surface area (Å²) in [6.45, 7) is 3.93. The molecule has 98 valence electrons. The van der Waals surface area contributed by atoms with Crippen molar-refractivity contribution in [1.82, 2.24) is 0 Å². The Bertz CT molecular complexity index is 605. The highest BCUT2D eigenvalue weighted by Crippen LogP contribution is 2.19. The second-order valence-electron chi connectivity index (χ2n) is 4.57. The molecule has 0 atom stereocenters. The van der Waals surface area contributed by atoms with E-state index in [1.807, 2.05) is 43.3 Å². The number of aryl methyl sites for hydroxylation is 1. The van der Waals surface area contributed by atoms with Crippen molar-refractivity contribution in [2.75, 3.05) is 5.73 Å². The van der Waals surface area contributed by atoms with Gasteiger partial charge in [-0.2, -0.15) is 0 Å². The predicted molar refractivity (Wildman–Crippen MR) is 76.4 cm³/mol. The fraction of sp³-hybridized carbons (Fsp3) is 0.188. The number of carbonyl (C=O) groups excluding carboxylic acids is 1. The summed E-state index contributed by atoms with van der Waals surface area (Å²) < 4.78 is 5.70. The van der Waals surface area contributed by atoms with Crippen LogP contribution in [0.5, 0.6) is 5.75 Å². The zero-order valence-corrected chi connectivity index (χ0v) is 11.1. The molecule has 2 N–H and O–H groups in total. The number of ketones is 1. The molecule has 19 heavy (non-hydrogen) atoms. The number of nitrogen functional groups attached to an aromatic ring is 1. The molecule has 0 heterocycles. The Kier molecular flexibility index (Phi) is 3.85. The summed E-state index contributed by atoms with van der Waals surface area (Å²) in [7, 11) is 0. The predicted octanol–water partition coefficient (Wildman–Crippen LogP) is 3.36. The summed E-state index contributed by atoms with van der Waals surface area (Å²) in [4.78, 5) is 11.3. The Morgan fingerprint density at radius 1 is 1.21 bits per heavy atom. The monoisotopic (exact) mass is 255 g/mol. The van der Waals surface area contributed by atoms with Gasteiger partial charge in [0.1, 0.15) is 12.4 Å². The van der Waals surface area contributed by atoms with Crippen LogP contribution in [0.2, 0.25) is 0 Å². The van der Waals surface area contributed by atoms with E-state index in [0.717, 1.165) is 28.1 Å². The van der Waals surface area contributed by atoms with Crippen LogP contribution in [0, 0.1) is 6.92 Å². The lowest BCUT2D eigenvalue weighted by Gasteiger charge is -2.09. The molecule has 0 spiro atoms. The topological polar surface area (TPSA) is 52.3 Å². The minimum absolute atomic E-state index is 0.0693. The Hall–Kier alpha value is -2.29. The first kappa shape index (κ1) is 13.1. The summed E-state index contributed by atoms with van der Waals surface area (Å²) in [6, 6.07) is 13.1. The van der Waals surface area contributed by atoms with Crippen LogP contribution < -0.4 is 10.5 Å². The highest BCUT2D eigenvalue weighted by molar-refractivity contribution is 5.95. The normalized spacial score (nSPS) is 10.2. The third kappa shape index (κ3) is 3.35. The Balaban J connectivity index is 2.08. The number of nitrogens with two attached hydrogens (primary N) is 1. The molecular formula is C16H17NO2. The van der Waals surface area contributed by atoms with Crippen molar-refractivity contribution in [3.63, 3.8) is 0 Å². The van der Waals surface area contributed by atoms with Crippen molar-refractivity contribution in [2.24, 2.45) is 0 Å². The van der Waals surface area contributed by atoms with Gasteiger partial charge in [-0.15, -0.1) is 0 Å². The van der Waals surface area contributed by atoms with Gasteiger partial charge < -0.3 is 10.5 Å². The molecule has 0 aromatic heterocycles. The Morgan fingerprint density at radius 3 is 2.63 bits per heavy atom. The number of carbonyl (C=O) groups is 1. The van der Waals surface area contributed by atoms with E-state index in [0.29, 0.717) is 6.61 Å². The molecule has 2 rings (SSSR count). The van der Waals surface area contributed by atoms with E-state index in [4.69, 9.17) is 10.5 Å². The number of anilines is 1. The molecule has 2 aromatic carbocycles. The first-order valence-corrected chi connectivity index (χ1v) is 6.15. The van der Waals surface area contributed by atoms with Gasteiger partial charge >= 0.3 is 0 Å². The number of rotatable bonds is 4. The maximum atomic E-state index is 11.3. The molecule has 0 saturated carbocycles. The second-order valence-corrected chi connectivity index (χ2v) is 4.57. The van der Waals surface area contributed by atoms with E-state index in [1.165, 1.54) is 0 Å². The summed E-state index contributed by atoms with van der Waals surface area (Å²) in [5, 5.41) is 0. The molecule has 0 fully saturated rings. The number of hydrogen-bond acceptors (Lipinski definition) is 3. The Morgan fingerprint density at radius 2 is 2.00 bits per heavy atom. The summed E-state index contributed by atoms with van der Waals surface area (Å²) >= 11 is 0. The van der Waals surface area contributed by atoms with Crippen LogP contribution in [0.4, 0.5) is 5.69 Å². The molecule has 0 aliphatic heterocycles. The molecule has 0 aliphatic rings. The van der Waals surface area contributed by atoms with Crippen LogP contribution in [-0.2, 0) is 6.61 Å². The van der Waals surface area contributed by atoms with E-state index in [9.17, 15) is 4.79 Å². The van der Waals surface area contributed by atoms with E-state index >= 15 is 0 Å². The minimum atomic E-state index is 0.0693. The van der Waals surface area contributed by atoms with Crippen molar-refractivity contribution < 1.29 is 9.53 Å². The van der Waals surface area contributed by atoms with Gasteiger partial charge in [-0.1, -0.05) is 12.1 Å². The fourth-order valence-corrected chi connectivity index (χ4v) is 1.97. The van der Waals surface area contributed by atoms with Crippen molar-refractivity contribution in [2.45, 2.75) is 20.5 Å². The smallest absolute Gasteiger partial charge is 0.160 e. The van der Waals surface area contributed by atoms with Crippen molar-refractivity contribution in [3.8, 4) is 5.75 Å². The molecule has 3 heteroatoms. The van der Waals surface area contributed by atoms with Crippen LogP contribution in [-0.4, -0.2) is 5.78 Å². The molecule has 0 aliphatic carbocycles. The highest BCUT2D eigenvalue weighted by Gasteiger charge is 2.05. The van der Waals surface area contributed by atoms with Crippen molar-refractivity contribution in [1.29, 1.82) is 0 Å². The second kappa shape index (κ2) is 5.57. The fourth-order valence-electron chi connectivity index (χ4n) is 1.97. The standard InChI is InChI=1S/C16H17NO2/c1-11-8-15(6-7-16(11)12(2)18)19-10-13-4-3-5-14(17)9-13/h3-9H,10,17H2,1-2H3. The first-order valence-electron chi connectivity index (χ1n) is 6.15. The molecule has 3 nitrogen and oxygen atoms in total. The van der Waals surface area contributed by atoms with Gasteiger partial charge in [0.05, 0.1) is 0 Å². The van der Waals surface area contributed by atoms with E-state index < -0.39 is 0 Å². The third-order valence-corrected chi connectivity index (χ3v) is 2.93. The van der Waals surface area contributed by atoms with Gasteiger partial charge in [-0.25, -0.2) is 0 Å². The lowest BCUT2D eigenvalue weighted by Crippen LogP contribution is -1.99. The van der Waals surface area contributed by atoms with Gasteiger partial charge in [-0.05, 0) is 55.3 Å². The highest BCUT2D eigenvalue weighted by atomic mass is 16.5. The summed E-state index contributed by atoms with van der Waals surface area (Å²) in [6.07, 6.45) is 0. The van der Waals surface area contributed by atoms with Gasteiger partial charge in [-0.3, -0.25) is 4.79 Å². The Labute approximate surface area is 113 Å². The number of hydrogen-bond donors (Lipinski definition) is 1. The van der Waals surface area contributed by atoms with Gasteiger partial charge in [0, 0.05) is 11.3 Å². The molecule has 0 radical (unpaired) electrons. The van der Waals surface area contributed by atoms with Crippen LogP contribution in [0.3, 0.4) is 0 Å². The molecule has 0 saturated heterocycles. The van der Waals surface area contributed by atoms with Gasteiger partial charge in [0.25, 0.3) is 0 Å². The van der Waals surface area contributed by atoms with Crippen LogP contribution in [0.1, 0.15) is 28.4 Å². The zero-order chi connectivity index (χ0) is 13.8. The van der Waals surface area contributed by atoms with E-state index in [1.54, 1.807) is 13.0 Å². The zero-order valence-electron chi connectivity index (χ0n) is 11.1. The third-order valence-electron chi connectivity index (χ3n) is 2.93. The van der Waals surface area contributed by atoms with Crippen LogP contribution >= 0.6 is 0 Å². The van der Waals surface area contributed by atoms with Gasteiger partial charge in [0.15, 0.2) is 5.78 Å². The molecular weight excluding hydrogens is 238 g/mol. The van der Waals surface area contributed by atoms with Crippen molar-refractivity contribution >= 4 is 11.5 Å². The quantitative estimate of drug-likeness (QED) is 0.673. The molecule has 2 aromatic rings. The summed E-state index contributed by atoms with van der Waals surface area (Å²) in [5.41, 5.74) is 9.12. The largest absolute Gasteiger partial charge is 0.489 e. The summed E-state index contributed by atoms with van der Waals surface area (Å²) in [5.74, 6) is 0.824. The minimum Gasteiger partial charge on any atom is -0.489 e. The first-order chi connectivity index (χ1) is 9.06. The lowest BCUT2D eigenvalue weighted by molar-refractivity contribution is 0.101. The number of benzene rings is 2. The average molecular weight is 255 g/mol. The molecule has 0 unspecified atom stereocenters. The van der Waals surface area contributed by atoms with E-state index in [2.05, 4.69) is 0 Å². The SMILES string of the molecule is CC(=O)c1ccc(OCc2cccc(N)c2)cc1C. The van der Waals surface area contributed by atoms with Crippen LogP contribution in [0.25, 0.3) is 0 Å². The van der Waals surface area contributed by atoms with Crippen LogP contribution in [0.15, 0.2) is 42.5 Å². The molecule has 0 bridgehead atoms. The van der Waals surface area contributed by atoms with E-state index in [-0.39, 0.29) is 5.78 Å². The molecule has 0 amide bonds. The average Bonchev–Trinajstić information content (AvgIpc) is 2.36. The number of ether oxygens (including phenoxy) is 1. The lowest BCUT2D eigenvalue weighted by atomic mass is 10.1. The maximum absolute atomic E-state index is 11.3. The van der Waals surface area contributed by atoms with Gasteiger partial charge in [0.2, 0.25) is 0 Å². The number of Topliss-reactive ketones (excluding diaryl/α,β-unsaturated/α-hetero) is 1. The van der Waals surface area contributed by atoms with Crippen molar-refractivity contribution in [3.05, 3.63) is 59.2 Å². The maximum Gasteiger partial charge on any atom is 0.160 e.